The van der Waals surface area contributed by atoms with Crippen LogP contribution < -0.4 is 0 Å². The molecule has 1 unspecified atom stereocenters. The highest BCUT2D eigenvalue weighted by Crippen LogP contribution is 2.13. The zero-order valence-corrected chi connectivity index (χ0v) is 12.2. The zero-order valence-electron chi connectivity index (χ0n) is 12.2. The Morgan fingerprint density at radius 2 is 2.05 bits per heavy atom. The maximum Gasteiger partial charge on any atom is 0.179 e. The summed E-state index contributed by atoms with van der Waals surface area (Å²) >= 11 is 0. The van der Waals surface area contributed by atoms with Gasteiger partial charge >= 0.3 is 0 Å². The third kappa shape index (κ3) is 4.76. The summed E-state index contributed by atoms with van der Waals surface area (Å²) in [6.45, 7) is 3.81. The first-order valence-corrected chi connectivity index (χ1v) is 6.93. The van der Waals surface area contributed by atoms with E-state index in [-0.39, 0.29) is 11.8 Å². The van der Waals surface area contributed by atoms with Crippen molar-refractivity contribution < 1.29 is 9.53 Å². The lowest BCUT2D eigenvalue weighted by Gasteiger charge is -2.29. The van der Waals surface area contributed by atoms with Gasteiger partial charge < -0.3 is 4.74 Å². The van der Waals surface area contributed by atoms with Crippen molar-refractivity contribution in [3.8, 4) is 6.07 Å². The van der Waals surface area contributed by atoms with Crippen molar-refractivity contribution in [3.63, 3.8) is 0 Å². The Balaban J connectivity index is 2.83. The number of methoxy groups -OCH3 is 1. The van der Waals surface area contributed by atoms with Crippen molar-refractivity contribution in [3.05, 3.63) is 35.9 Å². The van der Waals surface area contributed by atoms with E-state index < -0.39 is 0 Å². The topological polar surface area (TPSA) is 53.3 Å². The van der Waals surface area contributed by atoms with Gasteiger partial charge in [0.2, 0.25) is 0 Å². The van der Waals surface area contributed by atoms with E-state index in [0.717, 1.165) is 12.0 Å². The molecular formula is C16H22N2O2. The van der Waals surface area contributed by atoms with Gasteiger partial charge in [-0.3, -0.25) is 9.69 Å². The van der Waals surface area contributed by atoms with Crippen molar-refractivity contribution in [1.82, 2.24) is 4.90 Å². The lowest BCUT2D eigenvalue weighted by molar-refractivity contribution is 0.0747. The van der Waals surface area contributed by atoms with Crippen LogP contribution in [0, 0.1) is 11.3 Å². The molecule has 0 saturated carbocycles. The van der Waals surface area contributed by atoms with Gasteiger partial charge in [0.15, 0.2) is 5.78 Å². The normalized spacial score (nSPS) is 12.1. The SMILES string of the molecule is CCC(C(=O)c1ccccc1)N(CCC#N)CCOC. The quantitative estimate of drug-likeness (QED) is 0.649. The largest absolute Gasteiger partial charge is 0.383 e. The molecule has 4 nitrogen and oxygen atoms in total. The van der Waals surface area contributed by atoms with Crippen molar-refractivity contribution in [2.75, 3.05) is 26.8 Å². The molecule has 0 aliphatic rings. The minimum atomic E-state index is -0.194. The fourth-order valence-corrected chi connectivity index (χ4v) is 2.23. The lowest BCUT2D eigenvalue weighted by Crippen LogP contribution is -2.43. The van der Waals surface area contributed by atoms with Crippen LogP contribution in [0.15, 0.2) is 30.3 Å². The van der Waals surface area contributed by atoms with E-state index >= 15 is 0 Å². The number of Topliss-reactive ketones (excluding diaryl/α,β-unsaturated/α-hetero) is 1. The first-order chi connectivity index (χ1) is 9.74. The van der Waals surface area contributed by atoms with E-state index in [1.165, 1.54) is 0 Å². The van der Waals surface area contributed by atoms with E-state index in [1.54, 1.807) is 7.11 Å². The standard InChI is InChI=1S/C16H22N2O2/c1-3-15(16(19)14-8-5-4-6-9-14)18(11-7-10-17)12-13-20-2/h4-6,8-9,15H,3,7,11-13H2,1-2H3. The number of hydrogen-bond donors (Lipinski definition) is 0. The fourth-order valence-electron chi connectivity index (χ4n) is 2.23. The molecule has 0 N–H and O–H groups in total. The molecule has 0 saturated heterocycles. The van der Waals surface area contributed by atoms with E-state index in [9.17, 15) is 4.79 Å². The second-order valence-electron chi connectivity index (χ2n) is 4.59. The predicted octanol–water partition coefficient (Wildman–Crippen LogP) is 2.51. The third-order valence-corrected chi connectivity index (χ3v) is 3.28. The minimum Gasteiger partial charge on any atom is -0.383 e. The summed E-state index contributed by atoms with van der Waals surface area (Å²) in [5.41, 5.74) is 0.721. The highest BCUT2D eigenvalue weighted by molar-refractivity contribution is 6.00. The van der Waals surface area contributed by atoms with Crippen LogP contribution in [0.5, 0.6) is 0 Å². The molecule has 0 fully saturated rings. The molecule has 0 aliphatic carbocycles. The lowest BCUT2D eigenvalue weighted by atomic mass is 10.0. The van der Waals surface area contributed by atoms with Gasteiger partial charge in [-0.15, -0.1) is 0 Å². The van der Waals surface area contributed by atoms with Crippen molar-refractivity contribution in [1.29, 1.82) is 5.26 Å². The summed E-state index contributed by atoms with van der Waals surface area (Å²) in [5, 5.41) is 8.76. The molecule has 0 heterocycles. The molecule has 0 amide bonds. The Hall–Kier alpha value is -1.70. The van der Waals surface area contributed by atoms with E-state index in [1.807, 2.05) is 42.2 Å². The van der Waals surface area contributed by atoms with Gasteiger partial charge in [0.25, 0.3) is 0 Å². The van der Waals surface area contributed by atoms with E-state index in [0.29, 0.717) is 26.1 Å². The van der Waals surface area contributed by atoms with Crippen LogP contribution >= 0.6 is 0 Å². The molecule has 0 radical (unpaired) electrons. The number of ketones is 1. The summed E-state index contributed by atoms with van der Waals surface area (Å²) < 4.78 is 5.10. The maximum atomic E-state index is 12.6. The molecule has 1 aromatic rings. The maximum absolute atomic E-state index is 12.6. The number of rotatable bonds is 9. The van der Waals surface area contributed by atoms with Crippen molar-refractivity contribution >= 4 is 5.78 Å². The van der Waals surface area contributed by atoms with Crippen molar-refractivity contribution in [2.45, 2.75) is 25.8 Å². The molecular weight excluding hydrogens is 252 g/mol. The summed E-state index contributed by atoms with van der Waals surface area (Å²) in [4.78, 5) is 14.6. The number of carbonyl (C=O) groups excluding carboxylic acids is 1. The van der Waals surface area contributed by atoms with Gasteiger partial charge in [0.1, 0.15) is 0 Å². The molecule has 1 rings (SSSR count). The van der Waals surface area contributed by atoms with Gasteiger partial charge in [0.05, 0.1) is 18.7 Å². The Morgan fingerprint density at radius 3 is 2.60 bits per heavy atom. The van der Waals surface area contributed by atoms with Gasteiger partial charge in [-0.05, 0) is 6.42 Å². The smallest absolute Gasteiger partial charge is 0.179 e. The first-order valence-electron chi connectivity index (χ1n) is 6.93. The summed E-state index contributed by atoms with van der Waals surface area (Å²) in [7, 11) is 1.64. The number of nitriles is 1. The van der Waals surface area contributed by atoms with Crippen LogP contribution in [0.4, 0.5) is 0 Å². The molecule has 20 heavy (non-hydrogen) atoms. The zero-order chi connectivity index (χ0) is 14.8. The first kappa shape index (κ1) is 16.4. The third-order valence-electron chi connectivity index (χ3n) is 3.28. The number of ether oxygens (including phenoxy) is 1. The fraction of sp³-hybridized carbons (Fsp3) is 0.500. The molecule has 0 aromatic heterocycles. The summed E-state index contributed by atoms with van der Waals surface area (Å²) in [6, 6.07) is 11.3. The average molecular weight is 274 g/mol. The minimum absolute atomic E-state index is 0.113. The average Bonchev–Trinajstić information content (AvgIpc) is 2.50. The summed E-state index contributed by atoms with van der Waals surface area (Å²) in [5.74, 6) is 0.113. The second kappa shape index (κ2) is 9.24. The van der Waals surface area contributed by atoms with E-state index in [4.69, 9.17) is 10.00 Å². The van der Waals surface area contributed by atoms with Crippen LogP contribution in [0.2, 0.25) is 0 Å². The van der Waals surface area contributed by atoms with Crippen LogP contribution in [0.1, 0.15) is 30.1 Å². The Labute approximate surface area is 121 Å². The van der Waals surface area contributed by atoms with E-state index in [2.05, 4.69) is 6.07 Å². The van der Waals surface area contributed by atoms with Gasteiger partial charge in [-0.25, -0.2) is 0 Å². The Bertz CT molecular complexity index is 440. The van der Waals surface area contributed by atoms with Crippen LogP contribution in [-0.4, -0.2) is 43.5 Å². The summed E-state index contributed by atoms with van der Waals surface area (Å²) in [6.07, 6.45) is 1.14. The number of carbonyl (C=O) groups is 1. The highest BCUT2D eigenvalue weighted by atomic mass is 16.5. The van der Waals surface area contributed by atoms with Crippen LogP contribution in [0.25, 0.3) is 0 Å². The monoisotopic (exact) mass is 274 g/mol. The van der Waals surface area contributed by atoms with Crippen LogP contribution in [0.3, 0.4) is 0 Å². The molecule has 1 aromatic carbocycles. The molecule has 0 spiro atoms. The molecule has 1 atom stereocenters. The molecule has 4 heteroatoms. The van der Waals surface area contributed by atoms with Gasteiger partial charge in [-0.1, -0.05) is 37.3 Å². The van der Waals surface area contributed by atoms with Gasteiger partial charge in [0, 0.05) is 32.2 Å². The van der Waals surface area contributed by atoms with Gasteiger partial charge in [-0.2, -0.15) is 5.26 Å². The number of hydrogen-bond acceptors (Lipinski definition) is 4. The molecule has 108 valence electrons. The highest BCUT2D eigenvalue weighted by Gasteiger charge is 2.24. The Morgan fingerprint density at radius 1 is 1.35 bits per heavy atom. The second-order valence-corrected chi connectivity index (χ2v) is 4.59. The molecule has 0 aliphatic heterocycles. The van der Waals surface area contributed by atoms with Crippen LogP contribution in [-0.2, 0) is 4.74 Å². The number of benzene rings is 1. The number of nitrogens with zero attached hydrogens (tertiary/aromatic N) is 2. The molecule has 0 bridgehead atoms. The van der Waals surface area contributed by atoms with Crippen molar-refractivity contribution in [2.24, 2.45) is 0 Å². The Kier molecular flexibility index (Phi) is 7.56. The predicted molar refractivity (Wildman–Crippen MR) is 78.5 cm³/mol.